The number of ether oxygens (including phenoxy) is 1. The van der Waals surface area contributed by atoms with Crippen LogP contribution in [0.1, 0.15) is 24.0 Å². The summed E-state index contributed by atoms with van der Waals surface area (Å²) >= 11 is 0. The minimum Gasteiger partial charge on any atom is -0.489 e. The summed E-state index contributed by atoms with van der Waals surface area (Å²) in [5.74, 6) is 2.66. The summed E-state index contributed by atoms with van der Waals surface area (Å²) in [7, 11) is 1.77. The lowest BCUT2D eigenvalue weighted by Gasteiger charge is -2.17. The maximum absolute atomic E-state index is 5.70. The van der Waals surface area contributed by atoms with E-state index in [2.05, 4.69) is 44.2 Å². The number of anilines is 1. The van der Waals surface area contributed by atoms with Gasteiger partial charge in [0.05, 0.1) is 0 Å². The zero-order chi connectivity index (χ0) is 19.6. The fourth-order valence-corrected chi connectivity index (χ4v) is 3.18. The van der Waals surface area contributed by atoms with Crippen molar-refractivity contribution in [2.45, 2.75) is 25.9 Å². The molecule has 0 bridgehead atoms. The van der Waals surface area contributed by atoms with Crippen LogP contribution >= 0.6 is 0 Å². The number of nitrogens with zero attached hydrogens (tertiary/aromatic N) is 3. The summed E-state index contributed by atoms with van der Waals surface area (Å²) in [5, 5.41) is 6.67. The Morgan fingerprint density at radius 3 is 2.68 bits per heavy atom. The summed E-state index contributed by atoms with van der Waals surface area (Å²) < 4.78 is 5.70. The summed E-state index contributed by atoms with van der Waals surface area (Å²) in [6.45, 7) is 7.70. The molecule has 148 valence electrons. The molecule has 0 saturated carbocycles. The molecule has 0 aliphatic carbocycles. The zero-order valence-corrected chi connectivity index (χ0v) is 16.5. The molecular weight excluding hydrogens is 350 g/mol. The minimum atomic E-state index is 0.490. The van der Waals surface area contributed by atoms with Crippen molar-refractivity contribution in [1.82, 2.24) is 15.6 Å². The number of hydrogen-bond donors (Lipinski definition) is 2. The molecule has 1 fully saturated rings. The van der Waals surface area contributed by atoms with Crippen LogP contribution in [0.4, 0.5) is 5.82 Å². The summed E-state index contributed by atoms with van der Waals surface area (Å²) in [5.41, 5.74) is 2.20. The molecular formula is C22H29N5O. The van der Waals surface area contributed by atoms with Gasteiger partial charge in [-0.2, -0.15) is 0 Å². The van der Waals surface area contributed by atoms with Crippen molar-refractivity contribution < 1.29 is 4.74 Å². The summed E-state index contributed by atoms with van der Waals surface area (Å²) in [4.78, 5) is 11.2. The fourth-order valence-electron chi connectivity index (χ4n) is 3.18. The average molecular weight is 380 g/mol. The predicted octanol–water partition coefficient (Wildman–Crippen LogP) is 3.11. The highest BCUT2D eigenvalue weighted by molar-refractivity contribution is 5.79. The van der Waals surface area contributed by atoms with Crippen LogP contribution in [0, 0.1) is 0 Å². The van der Waals surface area contributed by atoms with Crippen molar-refractivity contribution in [2.24, 2.45) is 4.99 Å². The van der Waals surface area contributed by atoms with Crippen molar-refractivity contribution in [3.63, 3.8) is 0 Å². The molecule has 1 aromatic carbocycles. The second-order valence-corrected chi connectivity index (χ2v) is 6.71. The quantitative estimate of drug-likeness (QED) is 0.419. The number of nitrogens with one attached hydrogen (secondary N) is 2. The van der Waals surface area contributed by atoms with Crippen molar-refractivity contribution >= 4 is 11.8 Å². The Bertz CT molecular complexity index is 782. The van der Waals surface area contributed by atoms with E-state index >= 15 is 0 Å². The number of pyridine rings is 1. The van der Waals surface area contributed by atoms with Gasteiger partial charge in [-0.1, -0.05) is 36.9 Å². The maximum atomic E-state index is 5.70. The third-order valence-corrected chi connectivity index (χ3v) is 4.70. The van der Waals surface area contributed by atoms with E-state index in [0.29, 0.717) is 19.7 Å². The first kappa shape index (κ1) is 19.7. The third-order valence-electron chi connectivity index (χ3n) is 4.70. The number of aliphatic imine (C=N–C) groups is 1. The van der Waals surface area contributed by atoms with Gasteiger partial charge in [-0.25, -0.2) is 4.98 Å². The van der Waals surface area contributed by atoms with Crippen LogP contribution in [-0.4, -0.2) is 37.7 Å². The zero-order valence-electron chi connectivity index (χ0n) is 16.5. The van der Waals surface area contributed by atoms with Gasteiger partial charge in [0.25, 0.3) is 0 Å². The molecule has 1 aromatic heterocycles. The SMILES string of the molecule is C=CCOc1ccccc1CNC(=NC)NCc1ccc(N2CCCC2)nc1. The van der Waals surface area contributed by atoms with Gasteiger partial charge >= 0.3 is 0 Å². The number of para-hydroxylation sites is 1. The molecule has 0 unspecified atom stereocenters. The molecule has 28 heavy (non-hydrogen) atoms. The van der Waals surface area contributed by atoms with Gasteiger partial charge in [0.15, 0.2) is 5.96 Å². The van der Waals surface area contributed by atoms with Crippen molar-refractivity contribution in [3.8, 4) is 5.75 Å². The van der Waals surface area contributed by atoms with E-state index in [1.54, 1.807) is 13.1 Å². The van der Waals surface area contributed by atoms with Crippen LogP contribution in [0.3, 0.4) is 0 Å². The lowest BCUT2D eigenvalue weighted by molar-refractivity contribution is 0.358. The topological polar surface area (TPSA) is 61.8 Å². The molecule has 0 spiro atoms. The Morgan fingerprint density at radius 1 is 1.18 bits per heavy atom. The maximum Gasteiger partial charge on any atom is 0.191 e. The van der Waals surface area contributed by atoms with Gasteiger partial charge in [0, 0.05) is 45.0 Å². The first-order valence-corrected chi connectivity index (χ1v) is 9.76. The molecule has 3 rings (SSSR count). The first-order chi connectivity index (χ1) is 13.8. The van der Waals surface area contributed by atoms with E-state index in [1.165, 1.54) is 12.8 Å². The van der Waals surface area contributed by atoms with Crippen LogP contribution < -0.4 is 20.3 Å². The number of benzene rings is 1. The number of hydrogen-bond acceptors (Lipinski definition) is 4. The Hall–Kier alpha value is -3.02. The van der Waals surface area contributed by atoms with Gasteiger partial charge in [-0.05, 0) is 30.5 Å². The Kier molecular flexibility index (Phi) is 7.29. The van der Waals surface area contributed by atoms with E-state index in [1.807, 2.05) is 30.5 Å². The highest BCUT2D eigenvalue weighted by Gasteiger charge is 2.13. The molecule has 2 N–H and O–H groups in total. The van der Waals surface area contributed by atoms with E-state index in [0.717, 1.165) is 41.7 Å². The molecule has 6 heteroatoms. The van der Waals surface area contributed by atoms with E-state index in [4.69, 9.17) is 4.74 Å². The van der Waals surface area contributed by atoms with Gasteiger partial charge in [-0.15, -0.1) is 0 Å². The molecule has 0 amide bonds. The van der Waals surface area contributed by atoms with E-state index in [-0.39, 0.29) is 0 Å². The first-order valence-electron chi connectivity index (χ1n) is 9.76. The molecule has 1 saturated heterocycles. The Balaban J connectivity index is 1.50. The van der Waals surface area contributed by atoms with E-state index < -0.39 is 0 Å². The lowest BCUT2D eigenvalue weighted by atomic mass is 10.2. The lowest BCUT2D eigenvalue weighted by Crippen LogP contribution is -2.36. The van der Waals surface area contributed by atoms with Crippen LogP contribution in [-0.2, 0) is 13.1 Å². The monoisotopic (exact) mass is 379 g/mol. The van der Waals surface area contributed by atoms with Crippen LogP contribution in [0.15, 0.2) is 60.2 Å². The standard InChI is InChI=1S/C22H29N5O/c1-3-14-28-20-9-5-4-8-19(20)17-26-22(23-2)25-16-18-10-11-21(24-15-18)27-12-6-7-13-27/h3-5,8-11,15H,1,6-7,12-14,16-17H2,2H3,(H2,23,25,26). The smallest absolute Gasteiger partial charge is 0.191 e. The molecule has 2 heterocycles. The summed E-state index contributed by atoms with van der Waals surface area (Å²) in [6.07, 6.45) is 6.20. The van der Waals surface area contributed by atoms with Crippen LogP contribution in [0.25, 0.3) is 0 Å². The third kappa shape index (κ3) is 5.49. The van der Waals surface area contributed by atoms with Gasteiger partial charge < -0.3 is 20.3 Å². The predicted molar refractivity (Wildman–Crippen MR) is 115 cm³/mol. The van der Waals surface area contributed by atoms with Gasteiger partial charge in [0.1, 0.15) is 18.2 Å². The van der Waals surface area contributed by atoms with Gasteiger partial charge in [-0.3, -0.25) is 4.99 Å². The second-order valence-electron chi connectivity index (χ2n) is 6.71. The van der Waals surface area contributed by atoms with Crippen LogP contribution in [0.2, 0.25) is 0 Å². The number of rotatable bonds is 8. The fraction of sp³-hybridized carbons (Fsp3) is 0.364. The van der Waals surface area contributed by atoms with E-state index in [9.17, 15) is 0 Å². The number of guanidine groups is 1. The van der Waals surface area contributed by atoms with Crippen molar-refractivity contribution in [2.75, 3.05) is 31.6 Å². The largest absolute Gasteiger partial charge is 0.489 e. The summed E-state index contributed by atoms with van der Waals surface area (Å²) in [6, 6.07) is 12.2. The average Bonchev–Trinajstić information content (AvgIpc) is 3.28. The Labute approximate surface area is 167 Å². The van der Waals surface area contributed by atoms with Crippen molar-refractivity contribution in [3.05, 3.63) is 66.4 Å². The van der Waals surface area contributed by atoms with Gasteiger partial charge in [0.2, 0.25) is 0 Å². The highest BCUT2D eigenvalue weighted by Crippen LogP contribution is 2.18. The molecule has 2 aromatic rings. The molecule has 1 aliphatic heterocycles. The Morgan fingerprint density at radius 2 is 1.96 bits per heavy atom. The van der Waals surface area contributed by atoms with Crippen LogP contribution in [0.5, 0.6) is 5.75 Å². The minimum absolute atomic E-state index is 0.490. The van der Waals surface area contributed by atoms with Crippen molar-refractivity contribution in [1.29, 1.82) is 0 Å². The molecule has 0 atom stereocenters. The molecule has 6 nitrogen and oxygen atoms in total. The second kappa shape index (κ2) is 10.3. The normalized spacial score (nSPS) is 14.0. The molecule has 1 aliphatic rings. The number of aromatic nitrogens is 1. The molecule has 0 radical (unpaired) electrons. The highest BCUT2D eigenvalue weighted by atomic mass is 16.5.